The predicted octanol–water partition coefficient (Wildman–Crippen LogP) is 5.98. The van der Waals surface area contributed by atoms with Crippen LogP contribution in [0.4, 0.5) is 0 Å². The van der Waals surface area contributed by atoms with E-state index in [0.717, 1.165) is 25.9 Å². The number of carbonyl (C=O) groups excluding carboxylic acids is 2. The Balaban J connectivity index is 3.45. The second kappa shape index (κ2) is 29.6. The zero-order chi connectivity index (χ0) is 26.4. The van der Waals surface area contributed by atoms with E-state index in [-0.39, 0.29) is 0 Å². The Hall–Kier alpha value is -1.66. The molecule has 0 saturated heterocycles. The Labute approximate surface area is 222 Å². The molecule has 0 amide bonds. The third-order valence-corrected chi connectivity index (χ3v) is 6.33. The van der Waals surface area contributed by atoms with Crippen LogP contribution in [-0.2, 0) is 19.3 Å². The summed E-state index contributed by atoms with van der Waals surface area (Å²) >= 11 is 0. The summed E-state index contributed by atoms with van der Waals surface area (Å²) in [5, 5.41) is 0. The van der Waals surface area contributed by atoms with Gasteiger partial charge < -0.3 is 0 Å². The van der Waals surface area contributed by atoms with E-state index in [1.807, 2.05) is 0 Å². The van der Waals surface area contributed by atoms with Gasteiger partial charge in [0, 0.05) is 12.8 Å². The smallest absolute Gasteiger partial charge is 0.0846 e. The Bertz CT molecular complexity index is 501. The molecule has 0 bridgehead atoms. The number of hydroxylamine groups is 2. The molecule has 0 aliphatic heterocycles. The first-order valence-electron chi connectivity index (χ1n) is 15.1. The van der Waals surface area contributed by atoms with Crippen molar-refractivity contribution in [1.82, 2.24) is 0 Å². The molecule has 4 N–H and O–H groups in total. The van der Waals surface area contributed by atoms with Crippen LogP contribution in [-0.4, -0.2) is 25.0 Å². The molecule has 2 radical (unpaired) electrons. The second-order valence-electron chi connectivity index (χ2n) is 9.87. The minimum atomic E-state index is -0.424. The lowest BCUT2D eigenvalue weighted by Crippen LogP contribution is -2.84. The van der Waals surface area contributed by atoms with Crippen molar-refractivity contribution in [3.8, 4) is 0 Å². The highest BCUT2D eigenvalue weighted by Gasteiger charge is 2.17. The molecule has 0 heterocycles. The number of hydrogen-bond acceptors (Lipinski definition) is 4. The molecule has 0 aromatic carbocycles. The lowest BCUT2D eigenvalue weighted by molar-refractivity contribution is -0.871. The highest BCUT2D eigenvalue weighted by Crippen LogP contribution is 2.11. The van der Waals surface area contributed by atoms with Crippen LogP contribution in [0.2, 0.25) is 0 Å². The fraction of sp³-hybridized carbons (Fsp3) is 0.800. The number of nitrogens with two attached hydrogens (primary N) is 2. The molecule has 0 rings (SSSR count). The van der Waals surface area contributed by atoms with Gasteiger partial charge in [-0.05, 0) is 25.0 Å². The van der Waals surface area contributed by atoms with Gasteiger partial charge in [0.2, 0.25) is 0 Å². The summed E-state index contributed by atoms with van der Waals surface area (Å²) in [5.74, 6) is -0.847. The van der Waals surface area contributed by atoms with Crippen molar-refractivity contribution in [2.24, 2.45) is 0 Å². The molecule has 6 nitrogen and oxygen atoms in total. The van der Waals surface area contributed by atoms with Crippen LogP contribution in [0, 0.1) is 0 Å². The summed E-state index contributed by atoms with van der Waals surface area (Å²) in [6.45, 7) is 6.07. The van der Waals surface area contributed by atoms with E-state index in [2.05, 4.69) is 13.8 Å². The molecule has 0 saturated carbocycles. The lowest BCUT2D eigenvalue weighted by atomic mass is 10.1. The molecule has 0 aliphatic rings. The van der Waals surface area contributed by atoms with Gasteiger partial charge in [-0.2, -0.15) is 0 Å². The Morgan fingerprint density at radius 1 is 0.472 bits per heavy atom. The van der Waals surface area contributed by atoms with Crippen LogP contribution in [0.3, 0.4) is 0 Å². The molecule has 0 atom stereocenters. The van der Waals surface area contributed by atoms with E-state index in [9.17, 15) is 9.59 Å². The standard InChI is InChI=1S/C30H56N2O4/c1-3-5-7-9-11-13-15-17-19-23-27-31-35-29(33)25-21-22-26-30(34)36-32-28-24-20-18-16-14-12-10-8-6-4-2/h21-22,25-26,31-32H,3-20,23-24,27-28H2,1-2H3/q+2/p+2/b25-21+,26-22+. The minimum Gasteiger partial charge on any atom is -0.0846 e. The summed E-state index contributed by atoms with van der Waals surface area (Å²) in [6.07, 6.45) is 31.5. The molecule has 0 aromatic heterocycles. The first kappa shape index (κ1) is 34.3. The number of unbranched alkanes of at least 4 members (excludes halogenated alkanes) is 18. The van der Waals surface area contributed by atoms with Crippen molar-refractivity contribution >= 4 is 11.9 Å². The molecule has 0 aromatic rings. The molecule has 0 spiro atoms. The van der Waals surface area contributed by atoms with E-state index in [4.69, 9.17) is 9.68 Å². The largest absolute Gasteiger partial charge is 0.662 e. The van der Waals surface area contributed by atoms with Gasteiger partial charge in [-0.1, -0.05) is 137 Å². The third-order valence-electron chi connectivity index (χ3n) is 6.33. The van der Waals surface area contributed by atoms with Gasteiger partial charge in [-0.15, -0.1) is 0 Å². The van der Waals surface area contributed by atoms with Gasteiger partial charge in [0.25, 0.3) is 0 Å². The van der Waals surface area contributed by atoms with Gasteiger partial charge in [-0.3, -0.25) is 0 Å². The van der Waals surface area contributed by atoms with Crippen LogP contribution < -0.4 is 11.0 Å². The summed E-state index contributed by atoms with van der Waals surface area (Å²) in [6, 6.07) is 0. The summed E-state index contributed by atoms with van der Waals surface area (Å²) < 4.78 is 0. The maximum atomic E-state index is 11.7. The normalized spacial score (nSPS) is 11.5. The van der Waals surface area contributed by atoms with E-state index < -0.39 is 11.9 Å². The Morgan fingerprint density at radius 3 is 1.06 bits per heavy atom. The van der Waals surface area contributed by atoms with E-state index in [1.165, 1.54) is 140 Å². The zero-order valence-electron chi connectivity index (χ0n) is 23.7. The summed E-state index contributed by atoms with van der Waals surface area (Å²) in [4.78, 5) is 33.5. The van der Waals surface area contributed by atoms with Gasteiger partial charge in [0.15, 0.2) is 0 Å². The molecule has 0 unspecified atom stereocenters. The average molecular weight is 511 g/mol. The molecule has 0 fully saturated rings. The lowest BCUT2D eigenvalue weighted by Gasteiger charge is -2.00. The zero-order valence-corrected chi connectivity index (χ0v) is 23.7. The summed E-state index contributed by atoms with van der Waals surface area (Å²) in [5.41, 5.74) is 3.16. The Morgan fingerprint density at radius 2 is 0.750 bits per heavy atom. The van der Waals surface area contributed by atoms with Crippen LogP contribution >= 0.6 is 0 Å². The van der Waals surface area contributed by atoms with Crippen molar-refractivity contribution in [2.45, 2.75) is 142 Å². The fourth-order valence-electron chi connectivity index (χ4n) is 4.06. The van der Waals surface area contributed by atoms with Crippen molar-refractivity contribution < 1.29 is 30.2 Å². The van der Waals surface area contributed by atoms with Gasteiger partial charge >= 0.3 is 11.9 Å². The number of carbonyl (C=O) groups is 2. The number of hydrogen-bond donors (Lipinski definition) is 2. The topological polar surface area (TPSA) is 91.5 Å². The second-order valence-corrected chi connectivity index (χ2v) is 9.87. The van der Waals surface area contributed by atoms with Crippen LogP contribution in [0.25, 0.3) is 0 Å². The number of rotatable bonds is 27. The Kier molecular flexibility index (Phi) is 28.2. The number of allylic oxidation sites excluding steroid dienone is 2. The maximum absolute atomic E-state index is 11.7. The first-order chi connectivity index (χ1) is 17.7. The van der Waals surface area contributed by atoms with Crippen molar-refractivity contribution in [3.63, 3.8) is 0 Å². The van der Waals surface area contributed by atoms with Crippen LogP contribution in [0.1, 0.15) is 142 Å². The highest BCUT2D eigenvalue weighted by molar-refractivity contribution is 5.83. The highest BCUT2D eigenvalue weighted by atomic mass is 16.7. The molecular formula is C30H58N2O4+4. The minimum absolute atomic E-state index is 0.424. The van der Waals surface area contributed by atoms with Crippen molar-refractivity contribution in [1.29, 1.82) is 0 Å². The summed E-state index contributed by atoms with van der Waals surface area (Å²) in [7, 11) is 0. The number of quaternary nitrogens is 2. The molecule has 6 heteroatoms. The molecule has 0 aliphatic carbocycles. The molecular weight excluding hydrogens is 452 g/mol. The SMILES string of the molecule is CCCCCCCCCCCC[NH2+]OC(=[O+])/C=C/C=C/C(=[O+])O[NH2+]CCCCCCCCCCCC. The first-order valence-corrected chi connectivity index (χ1v) is 15.1. The van der Waals surface area contributed by atoms with Gasteiger partial charge in [0.05, 0.1) is 9.59 Å². The van der Waals surface area contributed by atoms with Gasteiger partial charge in [-0.25, -0.2) is 0 Å². The maximum Gasteiger partial charge on any atom is 0.662 e. The van der Waals surface area contributed by atoms with Gasteiger partial charge in [0.1, 0.15) is 25.2 Å². The monoisotopic (exact) mass is 510 g/mol. The van der Waals surface area contributed by atoms with Crippen molar-refractivity contribution in [2.75, 3.05) is 13.1 Å². The van der Waals surface area contributed by atoms with Crippen LogP contribution in [0.15, 0.2) is 24.3 Å². The van der Waals surface area contributed by atoms with E-state index >= 15 is 0 Å². The quantitative estimate of drug-likeness (QED) is 0.0467. The average Bonchev–Trinajstić information content (AvgIpc) is 2.88. The molecule has 36 heavy (non-hydrogen) atoms. The van der Waals surface area contributed by atoms with Crippen LogP contribution in [0.5, 0.6) is 0 Å². The van der Waals surface area contributed by atoms with E-state index in [0.29, 0.717) is 0 Å². The predicted molar refractivity (Wildman–Crippen MR) is 148 cm³/mol. The molecule has 208 valence electrons. The van der Waals surface area contributed by atoms with E-state index in [1.54, 1.807) is 11.0 Å². The fourth-order valence-corrected chi connectivity index (χ4v) is 4.06. The van der Waals surface area contributed by atoms with Crippen molar-refractivity contribution in [3.05, 3.63) is 24.3 Å². The third kappa shape index (κ3) is 28.6.